The van der Waals surface area contributed by atoms with Gasteiger partial charge in [-0.3, -0.25) is 9.59 Å². The molecular weight excluding hydrogens is 290 g/mol. The van der Waals surface area contributed by atoms with Crippen molar-refractivity contribution in [2.45, 2.75) is 25.5 Å². The molecule has 0 radical (unpaired) electrons. The molecule has 1 amide bonds. The Morgan fingerprint density at radius 3 is 2.95 bits per heavy atom. The number of amidine groups is 1. The Bertz CT molecular complexity index is 640. The molecular formula is C14H15N3O3S. The standard InChI is InChI=1S/C14H15N3O3S/c1-8-3-4-9(2)10(5-8)7-15-17-14-16-13(20)11(21-14)6-12(18)19/h3-5,7,11H,6H2,1-2H3,(H,18,19)(H,16,17,20). The number of carboxylic acid groups (broad SMARTS) is 1. The number of benzene rings is 1. The SMILES string of the molecule is Cc1ccc(C)c(C=NN=C2NC(=O)C(CC(=O)O)S2)c1. The molecule has 7 heteroatoms. The van der Waals surface area contributed by atoms with Crippen molar-refractivity contribution in [3.8, 4) is 0 Å². The maximum atomic E-state index is 11.5. The van der Waals surface area contributed by atoms with Gasteiger partial charge in [-0.25, -0.2) is 0 Å². The summed E-state index contributed by atoms with van der Waals surface area (Å²) in [5.41, 5.74) is 3.16. The molecule has 1 fully saturated rings. The Balaban J connectivity index is 2.05. The number of hydrogen-bond acceptors (Lipinski definition) is 5. The minimum absolute atomic E-state index is 0.226. The first-order valence-corrected chi connectivity index (χ1v) is 7.21. The number of amides is 1. The summed E-state index contributed by atoms with van der Waals surface area (Å²) in [7, 11) is 0. The van der Waals surface area contributed by atoms with Crippen LogP contribution in [0.25, 0.3) is 0 Å². The molecule has 1 aliphatic heterocycles. The molecule has 1 aromatic carbocycles. The zero-order chi connectivity index (χ0) is 15.4. The van der Waals surface area contributed by atoms with Gasteiger partial charge in [-0.2, -0.15) is 5.10 Å². The van der Waals surface area contributed by atoms with Crippen molar-refractivity contribution in [3.05, 3.63) is 34.9 Å². The minimum atomic E-state index is -1.01. The summed E-state index contributed by atoms with van der Waals surface area (Å²) in [6.45, 7) is 3.97. The van der Waals surface area contributed by atoms with Crippen molar-refractivity contribution < 1.29 is 14.7 Å². The number of nitrogens with one attached hydrogen (secondary N) is 1. The van der Waals surface area contributed by atoms with Crippen LogP contribution in [0.5, 0.6) is 0 Å². The summed E-state index contributed by atoms with van der Waals surface area (Å²) in [5.74, 6) is -1.36. The first kappa shape index (κ1) is 15.2. The van der Waals surface area contributed by atoms with Gasteiger partial charge >= 0.3 is 5.97 Å². The molecule has 1 atom stereocenters. The number of aliphatic carboxylic acids is 1. The highest BCUT2D eigenvalue weighted by Crippen LogP contribution is 2.22. The fourth-order valence-electron chi connectivity index (χ4n) is 1.79. The molecule has 1 heterocycles. The summed E-state index contributed by atoms with van der Waals surface area (Å²) < 4.78 is 0. The molecule has 0 saturated carbocycles. The largest absolute Gasteiger partial charge is 0.481 e. The third-order valence-corrected chi connectivity index (χ3v) is 3.99. The number of hydrogen-bond donors (Lipinski definition) is 2. The van der Waals surface area contributed by atoms with Gasteiger partial charge in [-0.05, 0) is 25.0 Å². The third kappa shape index (κ3) is 4.16. The van der Waals surface area contributed by atoms with E-state index in [2.05, 4.69) is 15.5 Å². The molecule has 0 bridgehead atoms. The Labute approximate surface area is 126 Å². The Hall–Kier alpha value is -2.15. The summed E-state index contributed by atoms with van der Waals surface area (Å²) in [4.78, 5) is 22.1. The van der Waals surface area contributed by atoms with Crippen LogP contribution >= 0.6 is 11.8 Å². The predicted molar refractivity (Wildman–Crippen MR) is 82.7 cm³/mol. The average Bonchev–Trinajstić information content (AvgIpc) is 2.73. The zero-order valence-corrected chi connectivity index (χ0v) is 12.5. The molecule has 6 nitrogen and oxygen atoms in total. The molecule has 0 aromatic heterocycles. The normalized spacial score (nSPS) is 20.2. The number of aryl methyl sites for hydroxylation is 2. The van der Waals surface area contributed by atoms with E-state index in [1.54, 1.807) is 6.21 Å². The van der Waals surface area contributed by atoms with Crippen molar-refractivity contribution in [1.29, 1.82) is 0 Å². The second kappa shape index (κ2) is 6.53. The molecule has 0 aliphatic carbocycles. The second-order valence-electron chi connectivity index (χ2n) is 4.70. The van der Waals surface area contributed by atoms with Crippen LogP contribution in [0.3, 0.4) is 0 Å². The van der Waals surface area contributed by atoms with Gasteiger partial charge in [0.05, 0.1) is 12.6 Å². The number of carbonyl (C=O) groups is 2. The molecule has 110 valence electrons. The van der Waals surface area contributed by atoms with E-state index in [9.17, 15) is 9.59 Å². The Morgan fingerprint density at radius 2 is 2.24 bits per heavy atom. The molecule has 2 rings (SSSR count). The van der Waals surface area contributed by atoms with E-state index in [0.717, 1.165) is 28.5 Å². The maximum absolute atomic E-state index is 11.5. The van der Waals surface area contributed by atoms with Gasteiger partial charge in [0.15, 0.2) is 5.17 Å². The predicted octanol–water partition coefficient (Wildman–Crippen LogP) is 1.70. The van der Waals surface area contributed by atoms with Crippen LogP contribution in [0.2, 0.25) is 0 Å². The van der Waals surface area contributed by atoms with Gasteiger partial charge in [0.1, 0.15) is 5.25 Å². The first-order chi connectivity index (χ1) is 9.95. The zero-order valence-electron chi connectivity index (χ0n) is 11.7. The van der Waals surface area contributed by atoms with Crippen LogP contribution in [0, 0.1) is 13.8 Å². The molecule has 0 spiro atoms. The monoisotopic (exact) mass is 305 g/mol. The number of rotatable bonds is 4. The van der Waals surface area contributed by atoms with Gasteiger partial charge in [0.25, 0.3) is 0 Å². The lowest BCUT2D eigenvalue weighted by molar-refractivity contribution is -0.138. The summed E-state index contributed by atoms with van der Waals surface area (Å²) >= 11 is 1.08. The lowest BCUT2D eigenvalue weighted by Crippen LogP contribution is -2.26. The third-order valence-electron chi connectivity index (χ3n) is 2.92. The number of carbonyl (C=O) groups excluding carboxylic acids is 1. The van der Waals surface area contributed by atoms with Crippen molar-refractivity contribution >= 4 is 35.0 Å². The van der Waals surface area contributed by atoms with Gasteiger partial charge in [0, 0.05) is 0 Å². The highest BCUT2D eigenvalue weighted by atomic mass is 32.2. The van der Waals surface area contributed by atoms with E-state index in [1.165, 1.54) is 0 Å². The van der Waals surface area contributed by atoms with Gasteiger partial charge < -0.3 is 10.4 Å². The summed E-state index contributed by atoms with van der Waals surface area (Å²) in [6.07, 6.45) is 1.39. The highest BCUT2D eigenvalue weighted by Gasteiger charge is 2.32. The smallest absolute Gasteiger partial charge is 0.305 e. The quantitative estimate of drug-likeness (QED) is 0.654. The Morgan fingerprint density at radius 1 is 1.48 bits per heavy atom. The molecule has 21 heavy (non-hydrogen) atoms. The van der Waals surface area contributed by atoms with Crippen molar-refractivity contribution in [2.75, 3.05) is 0 Å². The summed E-state index contributed by atoms with van der Waals surface area (Å²) in [6, 6.07) is 6.01. The van der Waals surface area contributed by atoms with Crippen molar-refractivity contribution in [2.24, 2.45) is 10.2 Å². The van der Waals surface area contributed by atoms with Crippen LogP contribution in [-0.2, 0) is 9.59 Å². The van der Waals surface area contributed by atoms with Gasteiger partial charge in [0.2, 0.25) is 5.91 Å². The van der Waals surface area contributed by atoms with Crippen molar-refractivity contribution in [3.63, 3.8) is 0 Å². The number of nitrogens with zero attached hydrogens (tertiary/aromatic N) is 2. The lowest BCUT2D eigenvalue weighted by Gasteiger charge is -2.00. The minimum Gasteiger partial charge on any atom is -0.481 e. The molecule has 1 unspecified atom stereocenters. The fraction of sp³-hybridized carbons (Fsp3) is 0.286. The topological polar surface area (TPSA) is 91.1 Å². The maximum Gasteiger partial charge on any atom is 0.305 e. The number of thioether (sulfide) groups is 1. The number of carboxylic acids is 1. The van der Waals surface area contributed by atoms with Gasteiger partial charge in [-0.1, -0.05) is 35.5 Å². The molecule has 1 aromatic rings. The van der Waals surface area contributed by atoms with E-state index < -0.39 is 11.2 Å². The van der Waals surface area contributed by atoms with E-state index in [-0.39, 0.29) is 12.3 Å². The molecule has 2 N–H and O–H groups in total. The van der Waals surface area contributed by atoms with Crippen LogP contribution in [0.15, 0.2) is 28.4 Å². The van der Waals surface area contributed by atoms with Crippen LogP contribution in [0.4, 0.5) is 0 Å². The van der Waals surface area contributed by atoms with E-state index in [1.807, 2.05) is 32.0 Å². The van der Waals surface area contributed by atoms with Crippen molar-refractivity contribution in [1.82, 2.24) is 5.32 Å². The highest BCUT2D eigenvalue weighted by molar-refractivity contribution is 8.15. The van der Waals surface area contributed by atoms with E-state index >= 15 is 0 Å². The first-order valence-electron chi connectivity index (χ1n) is 6.33. The lowest BCUT2D eigenvalue weighted by atomic mass is 10.1. The average molecular weight is 305 g/mol. The van der Waals surface area contributed by atoms with Gasteiger partial charge in [-0.15, -0.1) is 5.10 Å². The molecule has 1 aliphatic rings. The van der Waals surface area contributed by atoms with E-state index in [4.69, 9.17) is 5.11 Å². The summed E-state index contributed by atoms with van der Waals surface area (Å²) in [5, 5.41) is 18.8. The van der Waals surface area contributed by atoms with Crippen LogP contribution in [-0.4, -0.2) is 33.6 Å². The molecule has 1 saturated heterocycles. The second-order valence-corrected chi connectivity index (χ2v) is 5.89. The van der Waals surface area contributed by atoms with E-state index in [0.29, 0.717) is 5.17 Å². The fourth-order valence-corrected chi connectivity index (χ4v) is 2.70. The Kier molecular flexibility index (Phi) is 4.74. The van der Waals surface area contributed by atoms with Crippen LogP contribution < -0.4 is 5.32 Å². The van der Waals surface area contributed by atoms with Crippen LogP contribution in [0.1, 0.15) is 23.1 Å².